The lowest BCUT2D eigenvalue weighted by Gasteiger charge is -2.05. The molecular weight excluding hydrogens is 240 g/mol. The average Bonchev–Trinajstić information content (AvgIpc) is 2.21. The van der Waals surface area contributed by atoms with Crippen molar-refractivity contribution in [3.63, 3.8) is 0 Å². The van der Waals surface area contributed by atoms with E-state index >= 15 is 0 Å². The summed E-state index contributed by atoms with van der Waals surface area (Å²) in [5.74, 6) is 0. The smallest absolute Gasteiger partial charge is 0.0431 e. The molecule has 0 saturated carbocycles. The van der Waals surface area contributed by atoms with Gasteiger partial charge in [0.05, 0.1) is 0 Å². The van der Waals surface area contributed by atoms with Crippen LogP contribution in [0.3, 0.4) is 0 Å². The van der Waals surface area contributed by atoms with E-state index in [0.29, 0.717) is 6.61 Å². The third-order valence-electron chi connectivity index (χ3n) is 2.62. The van der Waals surface area contributed by atoms with Gasteiger partial charge in [-0.25, -0.2) is 0 Å². The van der Waals surface area contributed by atoms with Gasteiger partial charge in [-0.3, -0.25) is 0 Å². The molecule has 0 rings (SSSR count). The van der Waals surface area contributed by atoms with E-state index in [1.807, 2.05) is 0 Å². The second kappa shape index (κ2) is 11.5. The summed E-state index contributed by atoms with van der Waals surface area (Å²) in [5.41, 5.74) is 0. The van der Waals surface area contributed by atoms with Crippen molar-refractivity contribution >= 4 is 15.9 Å². The minimum Gasteiger partial charge on any atom is -0.396 e. The van der Waals surface area contributed by atoms with Crippen LogP contribution in [-0.4, -0.2) is 16.5 Å². The SMILES string of the molecule is CCC(Br)CCCCCCCCCO. The molecule has 0 aliphatic rings. The molecule has 0 bridgehead atoms. The van der Waals surface area contributed by atoms with E-state index in [1.165, 1.54) is 51.4 Å². The molecule has 0 aromatic rings. The normalized spacial score (nSPS) is 13.1. The maximum absolute atomic E-state index is 8.59. The highest BCUT2D eigenvalue weighted by atomic mass is 79.9. The fourth-order valence-corrected chi connectivity index (χ4v) is 1.89. The average molecular weight is 265 g/mol. The van der Waals surface area contributed by atoms with Gasteiger partial charge >= 0.3 is 0 Å². The first-order valence-corrected chi connectivity index (χ1v) is 6.97. The second-order valence-corrected chi connectivity index (χ2v) is 5.29. The molecule has 14 heavy (non-hydrogen) atoms. The minimum atomic E-state index is 0.363. The van der Waals surface area contributed by atoms with Gasteiger partial charge < -0.3 is 5.11 Å². The van der Waals surface area contributed by atoms with Crippen LogP contribution in [-0.2, 0) is 0 Å². The number of hydrogen-bond acceptors (Lipinski definition) is 1. The summed E-state index contributed by atoms with van der Waals surface area (Å²) in [6.07, 6.45) is 11.5. The number of aliphatic hydroxyl groups is 1. The lowest BCUT2D eigenvalue weighted by Crippen LogP contribution is -1.94. The summed E-state index contributed by atoms with van der Waals surface area (Å²) in [7, 11) is 0. The van der Waals surface area contributed by atoms with Crippen LogP contribution < -0.4 is 0 Å². The van der Waals surface area contributed by atoms with Crippen LogP contribution in [0.5, 0.6) is 0 Å². The fourth-order valence-electron chi connectivity index (χ4n) is 1.57. The van der Waals surface area contributed by atoms with Gasteiger partial charge in [0.25, 0.3) is 0 Å². The Hall–Kier alpha value is 0.440. The van der Waals surface area contributed by atoms with Crippen molar-refractivity contribution in [1.29, 1.82) is 0 Å². The predicted octanol–water partition coefficient (Wildman–Crippen LogP) is 4.27. The first-order chi connectivity index (χ1) is 6.81. The highest BCUT2D eigenvalue weighted by Gasteiger charge is 1.99. The van der Waals surface area contributed by atoms with Crippen LogP contribution in [0.1, 0.15) is 64.7 Å². The van der Waals surface area contributed by atoms with Gasteiger partial charge in [0.15, 0.2) is 0 Å². The maximum Gasteiger partial charge on any atom is 0.0431 e. The van der Waals surface area contributed by atoms with E-state index in [-0.39, 0.29) is 0 Å². The highest BCUT2D eigenvalue weighted by molar-refractivity contribution is 9.09. The zero-order chi connectivity index (χ0) is 10.6. The van der Waals surface area contributed by atoms with Gasteiger partial charge in [-0.2, -0.15) is 0 Å². The van der Waals surface area contributed by atoms with Crippen molar-refractivity contribution in [2.24, 2.45) is 0 Å². The minimum absolute atomic E-state index is 0.363. The Morgan fingerprint density at radius 2 is 1.43 bits per heavy atom. The van der Waals surface area contributed by atoms with Crippen LogP contribution in [0.2, 0.25) is 0 Å². The van der Waals surface area contributed by atoms with Crippen molar-refractivity contribution < 1.29 is 5.11 Å². The van der Waals surface area contributed by atoms with Crippen LogP contribution >= 0.6 is 15.9 Å². The first kappa shape index (κ1) is 14.4. The Bertz CT molecular complexity index is 106. The molecule has 1 N–H and O–H groups in total. The molecule has 0 heterocycles. The van der Waals surface area contributed by atoms with E-state index < -0.39 is 0 Å². The van der Waals surface area contributed by atoms with Gasteiger partial charge in [0.1, 0.15) is 0 Å². The van der Waals surface area contributed by atoms with E-state index in [4.69, 9.17) is 5.11 Å². The predicted molar refractivity (Wildman–Crippen MR) is 67.0 cm³/mol. The van der Waals surface area contributed by atoms with E-state index in [0.717, 1.165) is 11.2 Å². The topological polar surface area (TPSA) is 20.2 Å². The lowest BCUT2D eigenvalue weighted by atomic mass is 10.1. The third-order valence-corrected chi connectivity index (χ3v) is 3.72. The third kappa shape index (κ3) is 10.5. The van der Waals surface area contributed by atoms with E-state index in [1.54, 1.807) is 0 Å². The fraction of sp³-hybridized carbons (Fsp3) is 1.00. The number of alkyl halides is 1. The molecule has 1 atom stereocenters. The molecule has 0 aliphatic carbocycles. The molecular formula is C12H25BrO. The molecule has 0 fully saturated rings. The van der Waals surface area contributed by atoms with Crippen LogP contribution in [0, 0.1) is 0 Å². The summed E-state index contributed by atoms with van der Waals surface area (Å²) in [5, 5.41) is 8.59. The summed E-state index contributed by atoms with van der Waals surface area (Å²) in [6.45, 7) is 2.59. The van der Waals surface area contributed by atoms with Crippen molar-refractivity contribution in [3.8, 4) is 0 Å². The van der Waals surface area contributed by atoms with E-state index in [2.05, 4.69) is 22.9 Å². The Labute approximate surface area is 97.4 Å². The number of rotatable bonds is 10. The first-order valence-electron chi connectivity index (χ1n) is 6.06. The Kier molecular flexibility index (Phi) is 11.9. The summed E-state index contributed by atoms with van der Waals surface area (Å²) < 4.78 is 0. The zero-order valence-corrected chi connectivity index (χ0v) is 11.1. The molecule has 0 aliphatic heterocycles. The maximum atomic E-state index is 8.59. The lowest BCUT2D eigenvalue weighted by molar-refractivity contribution is 0.282. The Morgan fingerprint density at radius 1 is 0.929 bits per heavy atom. The molecule has 0 saturated heterocycles. The molecule has 0 amide bonds. The van der Waals surface area contributed by atoms with Crippen LogP contribution in [0.4, 0.5) is 0 Å². The number of halogens is 1. The number of hydrogen-bond donors (Lipinski definition) is 1. The number of aliphatic hydroxyl groups excluding tert-OH is 1. The van der Waals surface area contributed by atoms with Crippen molar-refractivity contribution in [2.75, 3.05) is 6.61 Å². The van der Waals surface area contributed by atoms with Crippen molar-refractivity contribution in [1.82, 2.24) is 0 Å². The summed E-state index contributed by atoms with van der Waals surface area (Å²) >= 11 is 3.65. The number of unbranched alkanes of at least 4 members (excludes halogenated alkanes) is 6. The molecule has 2 heteroatoms. The van der Waals surface area contributed by atoms with Gasteiger partial charge in [-0.1, -0.05) is 61.4 Å². The van der Waals surface area contributed by atoms with E-state index in [9.17, 15) is 0 Å². The monoisotopic (exact) mass is 264 g/mol. The summed E-state index contributed by atoms with van der Waals surface area (Å²) in [4.78, 5) is 0.733. The molecule has 0 aromatic heterocycles. The summed E-state index contributed by atoms with van der Waals surface area (Å²) in [6, 6.07) is 0. The highest BCUT2D eigenvalue weighted by Crippen LogP contribution is 2.15. The quantitative estimate of drug-likeness (QED) is 0.462. The van der Waals surface area contributed by atoms with Crippen molar-refractivity contribution in [3.05, 3.63) is 0 Å². The van der Waals surface area contributed by atoms with Crippen LogP contribution in [0.25, 0.3) is 0 Å². The zero-order valence-electron chi connectivity index (χ0n) is 9.47. The van der Waals surface area contributed by atoms with Gasteiger partial charge in [0.2, 0.25) is 0 Å². The molecule has 0 aromatic carbocycles. The van der Waals surface area contributed by atoms with Crippen LogP contribution in [0.15, 0.2) is 0 Å². The molecule has 1 nitrogen and oxygen atoms in total. The van der Waals surface area contributed by atoms with Gasteiger partial charge in [0, 0.05) is 11.4 Å². The standard InChI is InChI=1S/C12H25BrO/c1-2-12(13)10-8-6-4-3-5-7-9-11-14/h12,14H,2-11H2,1H3. The van der Waals surface area contributed by atoms with Gasteiger partial charge in [-0.15, -0.1) is 0 Å². The largest absolute Gasteiger partial charge is 0.396 e. The Morgan fingerprint density at radius 3 is 1.93 bits per heavy atom. The molecule has 86 valence electrons. The Balaban J connectivity index is 2.92. The second-order valence-electron chi connectivity index (χ2n) is 3.99. The molecule has 0 radical (unpaired) electrons. The molecule has 0 spiro atoms. The van der Waals surface area contributed by atoms with Crippen molar-refractivity contribution in [2.45, 2.75) is 69.5 Å². The molecule has 1 unspecified atom stereocenters. The van der Waals surface area contributed by atoms with Gasteiger partial charge in [-0.05, 0) is 19.3 Å².